The zero-order chi connectivity index (χ0) is 16.9. The van der Waals surface area contributed by atoms with Crippen LogP contribution in [0.3, 0.4) is 0 Å². The highest BCUT2D eigenvalue weighted by Crippen LogP contribution is 2.17. The van der Waals surface area contributed by atoms with Gasteiger partial charge in [0.15, 0.2) is 0 Å². The number of esters is 1. The van der Waals surface area contributed by atoms with Gasteiger partial charge in [0.2, 0.25) is 0 Å². The van der Waals surface area contributed by atoms with Gasteiger partial charge in [0.1, 0.15) is 6.10 Å². The lowest BCUT2D eigenvalue weighted by Gasteiger charge is -2.35. The number of carbonyl (C=O) groups is 2. The Hall–Kier alpha value is -1.92. The summed E-state index contributed by atoms with van der Waals surface area (Å²) >= 11 is 0. The highest BCUT2D eigenvalue weighted by atomic mass is 16.5. The molecule has 1 amide bonds. The maximum Gasteiger partial charge on any atom is 0.337 e. The molecule has 130 valence electrons. The quantitative estimate of drug-likeness (QED) is 0.778. The highest BCUT2D eigenvalue weighted by Gasteiger charge is 2.30. The van der Waals surface area contributed by atoms with E-state index < -0.39 is 0 Å². The van der Waals surface area contributed by atoms with Crippen molar-refractivity contribution >= 4 is 11.9 Å². The van der Waals surface area contributed by atoms with Crippen LogP contribution in [0.1, 0.15) is 28.8 Å². The SMILES string of the molecule is COC(=O)c1ccc(CN2CCN(C(=O)C3CCCO3)CC2)cc1. The van der Waals surface area contributed by atoms with Crippen LogP contribution in [-0.2, 0) is 20.8 Å². The number of hydrogen-bond donors (Lipinski definition) is 0. The number of benzene rings is 1. The molecular weight excluding hydrogens is 308 g/mol. The van der Waals surface area contributed by atoms with Crippen molar-refractivity contribution < 1.29 is 19.1 Å². The lowest BCUT2D eigenvalue weighted by Crippen LogP contribution is -2.51. The van der Waals surface area contributed by atoms with Gasteiger partial charge in [0, 0.05) is 39.3 Å². The average Bonchev–Trinajstić information content (AvgIpc) is 3.16. The Morgan fingerprint density at radius 3 is 2.46 bits per heavy atom. The minimum Gasteiger partial charge on any atom is -0.465 e. The highest BCUT2D eigenvalue weighted by molar-refractivity contribution is 5.89. The smallest absolute Gasteiger partial charge is 0.337 e. The molecule has 6 heteroatoms. The summed E-state index contributed by atoms with van der Waals surface area (Å²) < 4.78 is 10.2. The lowest BCUT2D eigenvalue weighted by atomic mass is 10.1. The molecule has 1 atom stereocenters. The molecular formula is C18H24N2O4. The molecule has 1 unspecified atom stereocenters. The van der Waals surface area contributed by atoms with Gasteiger partial charge in [-0.25, -0.2) is 4.79 Å². The number of methoxy groups -OCH3 is 1. The Kier molecular flexibility index (Phi) is 5.48. The number of rotatable bonds is 4. The van der Waals surface area contributed by atoms with Gasteiger partial charge in [0.05, 0.1) is 12.7 Å². The Labute approximate surface area is 142 Å². The van der Waals surface area contributed by atoms with Gasteiger partial charge >= 0.3 is 5.97 Å². The zero-order valence-electron chi connectivity index (χ0n) is 14.1. The van der Waals surface area contributed by atoms with Gasteiger partial charge in [-0.1, -0.05) is 12.1 Å². The van der Waals surface area contributed by atoms with E-state index >= 15 is 0 Å². The summed E-state index contributed by atoms with van der Waals surface area (Å²) in [6, 6.07) is 7.49. The van der Waals surface area contributed by atoms with Crippen LogP contribution in [-0.4, -0.2) is 67.7 Å². The van der Waals surface area contributed by atoms with Crippen LogP contribution in [0.5, 0.6) is 0 Å². The average molecular weight is 332 g/mol. The van der Waals surface area contributed by atoms with E-state index in [1.165, 1.54) is 7.11 Å². The van der Waals surface area contributed by atoms with Gasteiger partial charge in [0.25, 0.3) is 5.91 Å². The fourth-order valence-corrected chi connectivity index (χ4v) is 3.22. The van der Waals surface area contributed by atoms with Crippen molar-refractivity contribution in [1.29, 1.82) is 0 Å². The fraction of sp³-hybridized carbons (Fsp3) is 0.556. The number of amides is 1. The van der Waals surface area contributed by atoms with Crippen molar-refractivity contribution in [2.24, 2.45) is 0 Å². The molecule has 2 heterocycles. The molecule has 0 saturated carbocycles. The van der Waals surface area contributed by atoms with Crippen LogP contribution in [0.4, 0.5) is 0 Å². The second-order valence-corrected chi connectivity index (χ2v) is 6.29. The molecule has 0 N–H and O–H groups in total. The maximum absolute atomic E-state index is 12.3. The molecule has 6 nitrogen and oxygen atoms in total. The molecule has 24 heavy (non-hydrogen) atoms. The standard InChI is InChI=1S/C18H24N2O4/c1-23-18(22)15-6-4-14(5-7-15)13-19-8-10-20(11-9-19)17(21)16-3-2-12-24-16/h4-7,16H,2-3,8-13H2,1H3. The first-order chi connectivity index (χ1) is 11.7. The van der Waals surface area contributed by atoms with Gasteiger partial charge in [-0.3, -0.25) is 9.69 Å². The molecule has 0 aromatic heterocycles. The lowest BCUT2D eigenvalue weighted by molar-refractivity contribution is -0.142. The van der Waals surface area contributed by atoms with E-state index in [0.29, 0.717) is 12.2 Å². The molecule has 0 bridgehead atoms. The van der Waals surface area contributed by atoms with Gasteiger partial charge < -0.3 is 14.4 Å². The third kappa shape index (κ3) is 3.94. The van der Waals surface area contributed by atoms with E-state index in [0.717, 1.165) is 51.1 Å². The summed E-state index contributed by atoms with van der Waals surface area (Å²) in [5, 5.41) is 0. The van der Waals surface area contributed by atoms with Crippen LogP contribution in [0.2, 0.25) is 0 Å². The van der Waals surface area contributed by atoms with Gasteiger partial charge in [-0.2, -0.15) is 0 Å². The number of ether oxygens (including phenoxy) is 2. The van der Waals surface area contributed by atoms with E-state index in [-0.39, 0.29) is 18.0 Å². The van der Waals surface area contributed by atoms with Crippen LogP contribution in [0, 0.1) is 0 Å². The predicted octanol–water partition coefficient (Wildman–Crippen LogP) is 1.30. The molecule has 0 aliphatic carbocycles. The molecule has 1 aromatic rings. The van der Waals surface area contributed by atoms with Crippen molar-refractivity contribution in [2.45, 2.75) is 25.5 Å². The summed E-state index contributed by atoms with van der Waals surface area (Å²) in [5.74, 6) is -0.169. The molecule has 2 aliphatic heterocycles. The Bertz CT molecular complexity index is 573. The summed E-state index contributed by atoms with van der Waals surface area (Å²) in [5.41, 5.74) is 1.72. The van der Waals surface area contributed by atoms with Crippen molar-refractivity contribution in [3.63, 3.8) is 0 Å². The number of piperazine rings is 1. The summed E-state index contributed by atoms with van der Waals surface area (Å²) in [4.78, 5) is 28.0. The molecule has 2 saturated heterocycles. The summed E-state index contributed by atoms with van der Waals surface area (Å²) in [6.45, 7) is 4.74. The van der Waals surface area contributed by atoms with Crippen molar-refractivity contribution in [1.82, 2.24) is 9.80 Å². The second kappa shape index (κ2) is 7.77. The summed E-state index contributed by atoms with van der Waals surface area (Å²) in [7, 11) is 1.38. The molecule has 0 radical (unpaired) electrons. The van der Waals surface area contributed by atoms with E-state index in [9.17, 15) is 9.59 Å². The summed E-state index contributed by atoms with van der Waals surface area (Å²) in [6.07, 6.45) is 1.62. The molecule has 2 aliphatic rings. The minimum atomic E-state index is -0.317. The van der Waals surface area contributed by atoms with E-state index in [2.05, 4.69) is 4.90 Å². The number of nitrogens with zero attached hydrogens (tertiary/aromatic N) is 2. The molecule has 0 spiro atoms. The first kappa shape index (κ1) is 16.9. The van der Waals surface area contributed by atoms with Crippen molar-refractivity contribution in [3.8, 4) is 0 Å². The Morgan fingerprint density at radius 2 is 1.88 bits per heavy atom. The molecule has 3 rings (SSSR count). The maximum atomic E-state index is 12.3. The van der Waals surface area contributed by atoms with Crippen LogP contribution >= 0.6 is 0 Å². The van der Waals surface area contributed by atoms with Crippen LogP contribution < -0.4 is 0 Å². The van der Waals surface area contributed by atoms with E-state index in [1.54, 1.807) is 12.1 Å². The third-order valence-electron chi connectivity index (χ3n) is 4.67. The molecule has 1 aromatic carbocycles. The first-order valence-electron chi connectivity index (χ1n) is 8.47. The zero-order valence-corrected chi connectivity index (χ0v) is 14.1. The number of carbonyl (C=O) groups excluding carboxylic acids is 2. The van der Waals surface area contributed by atoms with Crippen molar-refractivity contribution in [2.75, 3.05) is 39.9 Å². The Morgan fingerprint density at radius 1 is 1.17 bits per heavy atom. The van der Waals surface area contributed by atoms with Crippen LogP contribution in [0.15, 0.2) is 24.3 Å². The molecule has 2 fully saturated rings. The van der Waals surface area contributed by atoms with Crippen molar-refractivity contribution in [3.05, 3.63) is 35.4 Å². The monoisotopic (exact) mass is 332 g/mol. The normalized spacial score (nSPS) is 21.7. The first-order valence-corrected chi connectivity index (χ1v) is 8.47. The minimum absolute atomic E-state index is 0.148. The fourth-order valence-electron chi connectivity index (χ4n) is 3.22. The van der Waals surface area contributed by atoms with Crippen LogP contribution in [0.25, 0.3) is 0 Å². The van der Waals surface area contributed by atoms with E-state index in [1.807, 2.05) is 17.0 Å². The largest absolute Gasteiger partial charge is 0.465 e. The second-order valence-electron chi connectivity index (χ2n) is 6.29. The predicted molar refractivity (Wildman–Crippen MR) is 88.6 cm³/mol. The topological polar surface area (TPSA) is 59.1 Å². The van der Waals surface area contributed by atoms with E-state index in [4.69, 9.17) is 9.47 Å². The van der Waals surface area contributed by atoms with Gasteiger partial charge in [-0.15, -0.1) is 0 Å². The number of hydrogen-bond acceptors (Lipinski definition) is 5. The van der Waals surface area contributed by atoms with Gasteiger partial charge in [-0.05, 0) is 30.5 Å². The third-order valence-corrected chi connectivity index (χ3v) is 4.67. The Balaban J connectivity index is 1.48.